The number of hydrogen-bond donors (Lipinski definition) is 3. The molecule has 11 heteroatoms. The van der Waals surface area contributed by atoms with Crippen molar-refractivity contribution < 1.29 is 53.4 Å². The SMILES string of the molecule is CC(=O)OC[C@]12CC[C@H]3[C@@H](C[C@H]4O[C@]45[C@@H](OC(C)=O)C=CC(=O)C35C)[C@]1(O)CC[C@@]2(O)[C@@](C)(O)C1CC(C)=C(C)C(=O)O1. The second-order valence-corrected chi connectivity index (χ2v) is 14.1. The van der Waals surface area contributed by atoms with Gasteiger partial charge in [-0.15, -0.1) is 0 Å². The van der Waals surface area contributed by atoms with Crippen LogP contribution in [0.4, 0.5) is 0 Å². The van der Waals surface area contributed by atoms with E-state index in [2.05, 4.69) is 0 Å². The van der Waals surface area contributed by atoms with Gasteiger partial charge in [-0.3, -0.25) is 14.4 Å². The minimum Gasteiger partial charge on any atom is -0.465 e. The number of rotatable bonds is 5. The van der Waals surface area contributed by atoms with Crippen molar-refractivity contribution in [2.45, 2.75) is 121 Å². The molecule has 43 heavy (non-hydrogen) atoms. The highest BCUT2D eigenvalue weighted by Crippen LogP contribution is 2.75. The van der Waals surface area contributed by atoms with E-state index in [4.69, 9.17) is 18.9 Å². The molecule has 0 aromatic heterocycles. The normalized spacial score (nSPS) is 47.8. The Hall–Kier alpha value is -2.60. The van der Waals surface area contributed by atoms with Crippen LogP contribution in [-0.4, -0.2) is 86.3 Å². The maximum atomic E-state index is 13.7. The monoisotopic (exact) mass is 602 g/mol. The first-order valence-electron chi connectivity index (χ1n) is 15.2. The van der Waals surface area contributed by atoms with Crippen LogP contribution >= 0.6 is 0 Å². The summed E-state index contributed by atoms with van der Waals surface area (Å²) >= 11 is 0. The van der Waals surface area contributed by atoms with E-state index in [0.29, 0.717) is 18.4 Å². The van der Waals surface area contributed by atoms with E-state index in [1.807, 2.05) is 6.92 Å². The van der Waals surface area contributed by atoms with Gasteiger partial charge in [0.05, 0.1) is 22.5 Å². The molecule has 6 aliphatic rings. The Balaban J connectivity index is 1.43. The number of carbonyl (C=O) groups excluding carboxylic acids is 4. The van der Waals surface area contributed by atoms with Crippen molar-refractivity contribution in [2.24, 2.45) is 22.7 Å². The van der Waals surface area contributed by atoms with E-state index in [-0.39, 0.29) is 38.1 Å². The summed E-state index contributed by atoms with van der Waals surface area (Å²) in [5.74, 6) is -2.88. The zero-order chi connectivity index (χ0) is 31.5. The number of epoxide rings is 1. The molecule has 2 aliphatic heterocycles. The Bertz CT molecular complexity index is 1360. The summed E-state index contributed by atoms with van der Waals surface area (Å²) in [6.07, 6.45) is 1.54. The van der Waals surface area contributed by atoms with Crippen LogP contribution in [0.5, 0.6) is 0 Å². The third kappa shape index (κ3) is 3.56. The molecule has 4 fully saturated rings. The second-order valence-electron chi connectivity index (χ2n) is 14.1. The second kappa shape index (κ2) is 9.22. The van der Waals surface area contributed by atoms with E-state index >= 15 is 0 Å². The highest BCUT2D eigenvalue weighted by Gasteiger charge is 2.85. The summed E-state index contributed by atoms with van der Waals surface area (Å²) in [6.45, 7) is 8.82. The van der Waals surface area contributed by atoms with Crippen molar-refractivity contribution in [1.29, 1.82) is 0 Å². The number of hydrogen-bond acceptors (Lipinski definition) is 11. The van der Waals surface area contributed by atoms with Crippen LogP contribution in [0.1, 0.15) is 80.1 Å². The van der Waals surface area contributed by atoms with E-state index in [1.54, 1.807) is 19.9 Å². The van der Waals surface area contributed by atoms with Gasteiger partial charge in [-0.2, -0.15) is 0 Å². The Labute approximate surface area is 250 Å². The van der Waals surface area contributed by atoms with Crippen LogP contribution in [0.2, 0.25) is 0 Å². The molecular weight excluding hydrogens is 560 g/mol. The van der Waals surface area contributed by atoms with Gasteiger partial charge in [0.25, 0.3) is 0 Å². The van der Waals surface area contributed by atoms with Gasteiger partial charge in [0, 0.05) is 25.8 Å². The lowest BCUT2D eigenvalue weighted by Crippen LogP contribution is -2.75. The summed E-state index contributed by atoms with van der Waals surface area (Å²) in [5, 5.41) is 37.8. The van der Waals surface area contributed by atoms with Gasteiger partial charge in [-0.25, -0.2) is 4.79 Å². The molecule has 11 atom stereocenters. The maximum Gasteiger partial charge on any atom is 0.334 e. The zero-order valence-corrected chi connectivity index (χ0v) is 25.6. The molecule has 4 aliphatic carbocycles. The summed E-state index contributed by atoms with van der Waals surface area (Å²) in [5.41, 5.74) is -8.35. The number of fused-ring (bicyclic) bond motifs is 4. The highest BCUT2D eigenvalue weighted by molar-refractivity contribution is 5.98. The molecule has 2 unspecified atom stereocenters. The van der Waals surface area contributed by atoms with Crippen LogP contribution in [-0.2, 0) is 38.1 Å². The summed E-state index contributed by atoms with van der Waals surface area (Å²) in [7, 11) is 0. The van der Waals surface area contributed by atoms with Crippen molar-refractivity contribution in [2.75, 3.05) is 6.61 Å². The fraction of sp³-hybridized carbons (Fsp3) is 0.750. The Morgan fingerprint density at radius 3 is 2.42 bits per heavy atom. The lowest BCUT2D eigenvalue weighted by Gasteiger charge is -2.64. The Morgan fingerprint density at radius 1 is 1.09 bits per heavy atom. The zero-order valence-electron chi connectivity index (χ0n) is 25.6. The van der Waals surface area contributed by atoms with Crippen molar-refractivity contribution in [1.82, 2.24) is 0 Å². The quantitative estimate of drug-likeness (QED) is 0.238. The minimum atomic E-state index is -2.04. The average Bonchev–Trinajstić information content (AvgIpc) is 3.61. The lowest BCUT2D eigenvalue weighted by atomic mass is 9.42. The molecule has 0 bridgehead atoms. The molecule has 11 nitrogen and oxygen atoms in total. The molecule has 236 valence electrons. The largest absolute Gasteiger partial charge is 0.465 e. The summed E-state index contributed by atoms with van der Waals surface area (Å²) < 4.78 is 23.1. The number of carbonyl (C=O) groups is 4. The Morgan fingerprint density at radius 2 is 1.79 bits per heavy atom. The van der Waals surface area contributed by atoms with E-state index in [1.165, 1.54) is 26.8 Å². The molecule has 3 saturated carbocycles. The molecule has 0 aromatic carbocycles. The fourth-order valence-electron chi connectivity index (χ4n) is 10.0. The molecule has 0 radical (unpaired) electrons. The molecule has 0 aromatic rings. The third-order valence-corrected chi connectivity index (χ3v) is 12.6. The molecule has 1 spiro atoms. The van der Waals surface area contributed by atoms with Crippen LogP contribution < -0.4 is 0 Å². The number of cyclic esters (lactones) is 1. The number of ketones is 1. The summed E-state index contributed by atoms with van der Waals surface area (Å²) in [6, 6.07) is 0. The topological polar surface area (TPSA) is 169 Å². The van der Waals surface area contributed by atoms with Crippen molar-refractivity contribution in [3.63, 3.8) is 0 Å². The molecule has 1 saturated heterocycles. The molecule has 6 rings (SSSR count). The highest BCUT2D eigenvalue weighted by atomic mass is 16.7. The lowest BCUT2D eigenvalue weighted by molar-refractivity contribution is -0.297. The standard InChI is InChI=1S/C32H42O11/c1-16-13-24(42-26(36)17(16)2)28(6,37)31(39)12-11-30(38)21-14-25-32(43-25)23(41-19(4)34)8-7-22(35)27(32,5)20(21)9-10-29(30,31)15-40-18(3)33/h7-8,20-21,23-25,37-39H,9-15H2,1-6H3/t20-,21+,23-,24?,25+,27?,28-,29+,30+,31+,32+/m0/s1. The predicted octanol–water partition coefficient (Wildman–Crippen LogP) is 1.84. The van der Waals surface area contributed by atoms with Gasteiger partial charge in [0.2, 0.25) is 0 Å². The number of aliphatic hydroxyl groups is 3. The van der Waals surface area contributed by atoms with Crippen molar-refractivity contribution in [3.05, 3.63) is 23.3 Å². The van der Waals surface area contributed by atoms with Gasteiger partial charge in [-0.05, 0) is 83.8 Å². The molecular formula is C32H42O11. The average molecular weight is 603 g/mol. The number of allylic oxidation sites excluding steroid dienone is 1. The van der Waals surface area contributed by atoms with Gasteiger partial charge in [-0.1, -0.05) is 5.57 Å². The maximum absolute atomic E-state index is 13.7. The number of esters is 3. The van der Waals surface area contributed by atoms with Crippen molar-refractivity contribution in [3.8, 4) is 0 Å². The van der Waals surface area contributed by atoms with Crippen LogP contribution in [0.3, 0.4) is 0 Å². The van der Waals surface area contributed by atoms with E-state index in [9.17, 15) is 34.5 Å². The van der Waals surface area contributed by atoms with Gasteiger partial charge in [0.1, 0.15) is 29.5 Å². The fourth-order valence-corrected chi connectivity index (χ4v) is 10.0. The van der Waals surface area contributed by atoms with Gasteiger partial charge in [0.15, 0.2) is 11.9 Å². The van der Waals surface area contributed by atoms with Gasteiger partial charge >= 0.3 is 17.9 Å². The molecule has 3 N–H and O–H groups in total. The van der Waals surface area contributed by atoms with Gasteiger partial charge < -0.3 is 34.3 Å². The predicted molar refractivity (Wildman–Crippen MR) is 148 cm³/mol. The third-order valence-electron chi connectivity index (χ3n) is 12.6. The molecule has 0 amide bonds. The van der Waals surface area contributed by atoms with Crippen LogP contribution in [0, 0.1) is 22.7 Å². The minimum absolute atomic E-state index is 0.0454. The first-order chi connectivity index (χ1) is 19.9. The van der Waals surface area contributed by atoms with Crippen LogP contribution in [0.25, 0.3) is 0 Å². The first-order valence-corrected chi connectivity index (χ1v) is 15.2. The van der Waals surface area contributed by atoms with Crippen molar-refractivity contribution >= 4 is 23.7 Å². The van der Waals surface area contributed by atoms with Crippen LogP contribution in [0.15, 0.2) is 23.3 Å². The smallest absolute Gasteiger partial charge is 0.334 e. The van der Waals surface area contributed by atoms with E-state index < -0.39 is 81.3 Å². The summed E-state index contributed by atoms with van der Waals surface area (Å²) in [4.78, 5) is 50.6. The van der Waals surface area contributed by atoms with E-state index in [0.717, 1.165) is 5.57 Å². The molecule has 2 heterocycles. The first kappa shape index (κ1) is 30.4. The number of ether oxygens (including phenoxy) is 4. The Kier molecular flexibility index (Phi) is 6.52.